The number of carbonyl (C=O) groups is 2. The Bertz CT molecular complexity index is 1140. The molecule has 1 aliphatic rings. The molecule has 2 amide bonds. The maximum absolute atomic E-state index is 12.8. The lowest BCUT2D eigenvalue weighted by Gasteiger charge is -2.42. The minimum atomic E-state index is -0.417. The van der Waals surface area contributed by atoms with Crippen molar-refractivity contribution in [1.82, 2.24) is 19.8 Å². The molecule has 0 aliphatic carbocycles. The lowest BCUT2D eigenvalue weighted by Crippen LogP contribution is -2.56. The maximum Gasteiger partial charge on any atom is 0.232 e. The van der Waals surface area contributed by atoms with Crippen molar-refractivity contribution in [1.29, 1.82) is 0 Å². The Morgan fingerprint density at radius 3 is 2.47 bits per heavy atom. The van der Waals surface area contributed by atoms with Gasteiger partial charge in [-0.2, -0.15) is 0 Å². The summed E-state index contributed by atoms with van der Waals surface area (Å²) in [5, 5.41) is 0.780. The Hall–Kier alpha value is -2.72. The Labute approximate surface area is 234 Å². The highest BCUT2D eigenvalue weighted by molar-refractivity contribution is 7.99. The van der Waals surface area contributed by atoms with Gasteiger partial charge >= 0.3 is 0 Å². The van der Waals surface area contributed by atoms with Gasteiger partial charge in [-0.3, -0.25) is 9.59 Å². The van der Waals surface area contributed by atoms with Crippen LogP contribution in [0.3, 0.4) is 0 Å². The Morgan fingerprint density at radius 1 is 1.13 bits per heavy atom. The number of hydrogen-bond acceptors (Lipinski definition) is 8. The molecule has 1 fully saturated rings. The van der Waals surface area contributed by atoms with Crippen molar-refractivity contribution in [2.75, 3.05) is 58.1 Å². The fourth-order valence-electron chi connectivity index (χ4n) is 4.20. The van der Waals surface area contributed by atoms with Crippen molar-refractivity contribution in [2.24, 2.45) is 5.41 Å². The molecule has 38 heavy (non-hydrogen) atoms. The summed E-state index contributed by atoms with van der Waals surface area (Å²) in [7, 11) is 4.99. The number of hydrogen-bond donors (Lipinski definition) is 0. The minimum Gasteiger partial charge on any atom is -0.493 e. The van der Waals surface area contributed by atoms with Gasteiger partial charge in [0.15, 0.2) is 16.7 Å². The predicted octanol–water partition coefficient (Wildman–Crippen LogP) is 4.02. The minimum absolute atomic E-state index is 0.0245. The molecule has 1 unspecified atom stereocenters. The Kier molecular flexibility index (Phi) is 10.1. The Morgan fingerprint density at radius 2 is 1.84 bits per heavy atom. The van der Waals surface area contributed by atoms with Crippen LogP contribution >= 0.6 is 23.4 Å². The van der Waals surface area contributed by atoms with Gasteiger partial charge in [-0.05, 0) is 31.0 Å². The fourth-order valence-corrected chi connectivity index (χ4v) is 5.23. The Balaban J connectivity index is 1.56. The smallest absolute Gasteiger partial charge is 0.232 e. The monoisotopic (exact) mass is 563 g/mol. The lowest BCUT2D eigenvalue weighted by molar-refractivity contribution is -0.142. The summed E-state index contributed by atoms with van der Waals surface area (Å²) in [6, 6.07) is 7.53. The number of carbonyl (C=O) groups excluding carboxylic acids is 2. The summed E-state index contributed by atoms with van der Waals surface area (Å²) >= 11 is 7.58. The zero-order valence-corrected chi connectivity index (χ0v) is 24.9. The molecule has 0 spiro atoms. The average molecular weight is 564 g/mol. The zero-order valence-electron chi connectivity index (χ0n) is 23.3. The summed E-state index contributed by atoms with van der Waals surface area (Å²) in [5.41, 5.74) is 0.635. The van der Waals surface area contributed by atoms with E-state index in [4.69, 9.17) is 21.1 Å². The largest absolute Gasteiger partial charge is 0.493 e. The molecule has 0 saturated carbocycles. The van der Waals surface area contributed by atoms with Crippen molar-refractivity contribution >= 4 is 41.0 Å². The average Bonchev–Trinajstić information content (AvgIpc) is 2.88. The highest BCUT2D eigenvalue weighted by Crippen LogP contribution is 2.28. The number of benzene rings is 1. The molecule has 9 nitrogen and oxygen atoms in total. The second kappa shape index (κ2) is 12.9. The van der Waals surface area contributed by atoms with E-state index in [1.54, 1.807) is 32.2 Å². The van der Waals surface area contributed by atoms with E-state index in [0.29, 0.717) is 60.2 Å². The third-order valence-corrected chi connectivity index (χ3v) is 7.47. The van der Waals surface area contributed by atoms with Crippen molar-refractivity contribution in [2.45, 2.75) is 45.3 Å². The molecule has 11 heteroatoms. The van der Waals surface area contributed by atoms with Gasteiger partial charge in [0.05, 0.1) is 20.0 Å². The van der Waals surface area contributed by atoms with Gasteiger partial charge in [-0.15, -0.1) is 0 Å². The zero-order chi connectivity index (χ0) is 28.0. The van der Waals surface area contributed by atoms with Crippen LogP contribution in [0.4, 0.5) is 5.82 Å². The van der Waals surface area contributed by atoms with Crippen LogP contribution in [-0.4, -0.2) is 90.8 Å². The van der Waals surface area contributed by atoms with Crippen molar-refractivity contribution in [3.63, 3.8) is 0 Å². The van der Waals surface area contributed by atoms with Crippen molar-refractivity contribution in [3.05, 3.63) is 35.0 Å². The molecule has 2 heterocycles. The molecule has 0 radical (unpaired) electrons. The first-order valence-corrected chi connectivity index (χ1v) is 14.0. The van der Waals surface area contributed by atoms with E-state index < -0.39 is 5.41 Å². The SMILES string of the molecule is COc1ccc(CCN(C)C(=O)CSc2nc(Cl)cc(N3CCN(C(=O)C(C)(C)C)C(C)C3)n2)cc1OC. The van der Waals surface area contributed by atoms with Crippen LogP contribution in [0.2, 0.25) is 5.15 Å². The quantitative estimate of drug-likeness (QED) is 0.257. The number of nitrogens with zero attached hydrogens (tertiary/aromatic N) is 5. The van der Waals surface area contributed by atoms with E-state index in [1.165, 1.54) is 11.8 Å². The maximum atomic E-state index is 12.8. The third kappa shape index (κ3) is 7.66. The van der Waals surface area contributed by atoms with Gasteiger partial charge < -0.3 is 24.2 Å². The topological polar surface area (TPSA) is 88.1 Å². The number of amides is 2. The summed E-state index contributed by atoms with van der Waals surface area (Å²) in [4.78, 5) is 40.3. The van der Waals surface area contributed by atoms with Crippen LogP contribution in [0, 0.1) is 5.41 Å². The van der Waals surface area contributed by atoms with Crippen LogP contribution < -0.4 is 14.4 Å². The predicted molar refractivity (Wildman–Crippen MR) is 151 cm³/mol. The molecule has 1 aromatic heterocycles. The van der Waals surface area contributed by atoms with Crippen LogP contribution in [0.15, 0.2) is 29.4 Å². The number of methoxy groups -OCH3 is 2. The van der Waals surface area contributed by atoms with Gasteiger partial charge in [0, 0.05) is 50.7 Å². The summed E-state index contributed by atoms with van der Waals surface area (Å²) in [6.07, 6.45) is 0.687. The van der Waals surface area contributed by atoms with Gasteiger partial charge in [-0.1, -0.05) is 50.2 Å². The van der Waals surface area contributed by atoms with Crippen LogP contribution in [-0.2, 0) is 16.0 Å². The molecule has 1 atom stereocenters. The second-order valence-corrected chi connectivity index (χ2v) is 11.7. The van der Waals surface area contributed by atoms with Crippen LogP contribution in [0.1, 0.15) is 33.3 Å². The number of ether oxygens (including phenoxy) is 2. The van der Waals surface area contributed by atoms with Crippen molar-refractivity contribution < 1.29 is 19.1 Å². The summed E-state index contributed by atoms with van der Waals surface area (Å²) < 4.78 is 10.6. The first-order valence-electron chi connectivity index (χ1n) is 12.6. The van der Waals surface area contributed by atoms with E-state index in [2.05, 4.69) is 14.9 Å². The van der Waals surface area contributed by atoms with E-state index in [9.17, 15) is 9.59 Å². The van der Waals surface area contributed by atoms with Gasteiger partial charge in [0.25, 0.3) is 0 Å². The van der Waals surface area contributed by atoms with Crippen LogP contribution in [0.25, 0.3) is 0 Å². The van der Waals surface area contributed by atoms with E-state index in [0.717, 1.165) is 5.56 Å². The van der Waals surface area contributed by atoms with E-state index in [-0.39, 0.29) is 23.6 Å². The first-order chi connectivity index (χ1) is 17.9. The molecule has 0 N–H and O–H groups in total. The number of rotatable bonds is 9. The lowest BCUT2D eigenvalue weighted by atomic mass is 9.93. The number of halogens is 1. The van der Waals surface area contributed by atoms with E-state index in [1.807, 2.05) is 50.8 Å². The number of aromatic nitrogens is 2. The highest BCUT2D eigenvalue weighted by Gasteiger charge is 2.34. The normalized spacial score (nSPS) is 15.8. The summed E-state index contributed by atoms with van der Waals surface area (Å²) in [6.45, 7) is 10.4. The number of thioether (sulfide) groups is 1. The van der Waals surface area contributed by atoms with Crippen molar-refractivity contribution in [3.8, 4) is 11.5 Å². The fraction of sp³-hybridized carbons (Fsp3) is 0.556. The molecule has 2 aromatic rings. The highest BCUT2D eigenvalue weighted by atomic mass is 35.5. The first kappa shape index (κ1) is 29.8. The van der Waals surface area contributed by atoms with E-state index >= 15 is 0 Å². The molecule has 3 rings (SSSR count). The van der Waals surface area contributed by atoms with Crippen LogP contribution in [0.5, 0.6) is 11.5 Å². The second-order valence-electron chi connectivity index (χ2n) is 10.4. The summed E-state index contributed by atoms with van der Waals surface area (Å²) in [5.74, 6) is 2.37. The molecule has 1 saturated heterocycles. The molecule has 1 aromatic carbocycles. The van der Waals surface area contributed by atoms with Gasteiger partial charge in [0.1, 0.15) is 11.0 Å². The molecule has 1 aliphatic heterocycles. The van der Waals surface area contributed by atoms with Gasteiger partial charge in [0.2, 0.25) is 11.8 Å². The standard InChI is InChI=1S/C27H38ClN5O4S/c1-18-16-32(12-13-33(18)25(35)27(2,3)4)23-15-22(28)29-26(30-23)38-17-24(34)31(5)11-10-19-8-9-20(36-6)21(14-19)37-7/h8-9,14-15,18H,10-13,16-17H2,1-7H3. The molecular weight excluding hydrogens is 526 g/mol. The molecular formula is C27H38ClN5O4S. The number of likely N-dealkylation sites (N-methyl/N-ethyl adjacent to an activating group) is 1. The number of piperazine rings is 1. The third-order valence-electron chi connectivity index (χ3n) is 6.45. The molecule has 0 bridgehead atoms. The molecule has 208 valence electrons. The number of anilines is 1. The van der Waals surface area contributed by atoms with Gasteiger partial charge in [-0.25, -0.2) is 9.97 Å².